The van der Waals surface area contributed by atoms with Crippen LogP contribution in [0.5, 0.6) is 0 Å². The van der Waals surface area contributed by atoms with Crippen LogP contribution >= 0.6 is 11.8 Å². The SMILES string of the molecule is CCCNc1cc(NCCN(C)C2CC2)nc(SC)n1. The van der Waals surface area contributed by atoms with Gasteiger partial charge in [-0.05, 0) is 32.6 Å². The molecule has 112 valence electrons. The second kappa shape index (κ2) is 7.69. The number of anilines is 2. The zero-order chi connectivity index (χ0) is 14.4. The third kappa shape index (κ3) is 4.83. The lowest BCUT2D eigenvalue weighted by molar-refractivity contribution is 0.337. The van der Waals surface area contributed by atoms with Gasteiger partial charge in [0.2, 0.25) is 0 Å². The van der Waals surface area contributed by atoms with Gasteiger partial charge in [-0.2, -0.15) is 0 Å². The van der Waals surface area contributed by atoms with E-state index in [1.807, 2.05) is 12.3 Å². The number of thioether (sulfide) groups is 1. The van der Waals surface area contributed by atoms with Crippen molar-refractivity contribution in [3.63, 3.8) is 0 Å². The van der Waals surface area contributed by atoms with Crippen LogP contribution in [0.15, 0.2) is 11.2 Å². The Labute approximate surface area is 125 Å². The first-order chi connectivity index (χ1) is 9.72. The topological polar surface area (TPSA) is 53.1 Å². The Hall–Kier alpha value is -1.01. The highest BCUT2D eigenvalue weighted by atomic mass is 32.2. The van der Waals surface area contributed by atoms with Crippen molar-refractivity contribution >= 4 is 23.4 Å². The molecule has 1 aromatic heterocycles. The molecule has 0 bridgehead atoms. The summed E-state index contributed by atoms with van der Waals surface area (Å²) in [5, 5.41) is 7.54. The van der Waals surface area contributed by atoms with Gasteiger partial charge in [-0.15, -0.1) is 0 Å². The smallest absolute Gasteiger partial charge is 0.191 e. The molecule has 1 aromatic rings. The molecule has 0 radical (unpaired) electrons. The van der Waals surface area contributed by atoms with Crippen molar-refractivity contribution < 1.29 is 0 Å². The van der Waals surface area contributed by atoms with Gasteiger partial charge in [-0.1, -0.05) is 18.7 Å². The van der Waals surface area contributed by atoms with Crippen LogP contribution in [-0.4, -0.2) is 53.8 Å². The van der Waals surface area contributed by atoms with Crippen molar-refractivity contribution in [1.29, 1.82) is 0 Å². The van der Waals surface area contributed by atoms with Crippen LogP contribution in [0.3, 0.4) is 0 Å². The first-order valence-corrected chi connectivity index (χ1v) is 8.56. The normalized spacial score (nSPS) is 14.6. The summed E-state index contributed by atoms with van der Waals surface area (Å²) in [6, 6.07) is 2.80. The summed E-state index contributed by atoms with van der Waals surface area (Å²) < 4.78 is 0. The molecular formula is C14H25N5S. The van der Waals surface area contributed by atoms with E-state index in [4.69, 9.17) is 0 Å². The monoisotopic (exact) mass is 295 g/mol. The average Bonchev–Trinajstić information content (AvgIpc) is 3.29. The first kappa shape index (κ1) is 15.4. The molecule has 1 aliphatic carbocycles. The van der Waals surface area contributed by atoms with E-state index in [2.05, 4.69) is 39.5 Å². The fourth-order valence-corrected chi connectivity index (χ4v) is 2.39. The van der Waals surface area contributed by atoms with E-state index in [1.54, 1.807) is 11.8 Å². The van der Waals surface area contributed by atoms with Gasteiger partial charge in [0.25, 0.3) is 0 Å². The van der Waals surface area contributed by atoms with Crippen LogP contribution in [0.25, 0.3) is 0 Å². The van der Waals surface area contributed by atoms with E-state index in [-0.39, 0.29) is 0 Å². The van der Waals surface area contributed by atoms with Crippen molar-refractivity contribution in [2.45, 2.75) is 37.4 Å². The van der Waals surface area contributed by atoms with Gasteiger partial charge >= 0.3 is 0 Å². The molecule has 0 unspecified atom stereocenters. The number of hydrogen-bond donors (Lipinski definition) is 2. The third-order valence-corrected chi connectivity index (χ3v) is 3.93. The maximum atomic E-state index is 4.50. The lowest BCUT2D eigenvalue weighted by atomic mass is 10.4. The maximum Gasteiger partial charge on any atom is 0.191 e. The summed E-state index contributed by atoms with van der Waals surface area (Å²) in [6.07, 6.45) is 5.80. The molecule has 2 N–H and O–H groups in total. The van der Waals surface area contributed by atoms with Crippen LogP contribution in [0.1, 0.15) is 26.2 Å². The number of nitrogens with one attached hydrogen (secondary N) is 2. The number of hydrogen-bond acceptors (Lipinski definition) is 6. The van der Waals surface area contributed by atoms with E-state index in [0.29, 0.717) is 0 Å². The molecule has 0 atom stereocenters. The average molecular weight is 295 g/mol. The van der Waals surface area contributed by atoms with Gasteiger partial charge in [0.1, 0.15) is 11.6 Å². The minimum absolute atomic E-state index is 0.809. The third-order valence-electron chi connectivity index (χ3n) is 3.39. The highest BCUT2D eigenvalue weighted by molar-refractivity contribution is 7.98. The van der Waals surface area contributed by atoms with E-state index >= 15 is 0 Å². The summed E-state index contributed by atoms with van der Waals surface area (Å²) in [5.41, 5.74) is 0. The number of likely N-dealkylation sites (N-methyl/N-ethyl adjacent to an activating group) is 1. The molecule has 20 heavy (non-hydrogen) atoms. The Morgan fingerprint density at radius 1 is 1.25 bits per heavy atom. The predicted molar refractivity (Wildman–Crippen MR) is 86.7 cm³/mol. The molecule has 0 amide bonds. The highest BCUT2D eigenvalue weighted by Crippen LogP contribution is 2.24. The lowest BCUT2D eigenvalue weighted by Gasteiger charge is -2.16. The van der Waals surface area contributed by atoms with Gasteiger partial charge in [0.05, 0.1) is 0 Å². The molecule has 5 nitrogen and oxygen atoms in total. The summed E-state index contributed by atoms with van der Waals surface area (Å²) in [7, 11) is 2.20. The zero-order valence-electron chi connectivity index (χ0n) is 12.6. The Bertz CT molecular complexity index is 422. The lowest BCUT2D eigenvalue weighted by Crippen LogP contribution is -2.27. The number of nitrogens with zero attached hydrogens (tertiary/aromatic N) is 3. The molecular weight excluding hydrogens is 270 g/mol. The van der Waals surface area contributed by atoms with Crippen molar-refractivity contribution in [1.82, 2.24) is 14.9 Å². The molecule has 0 saturated heterocycles. The number of aromatic nitrogens is 2. The number of rotatable bonds is 9. The van der Waals surface area contributed by atoms with Gasteiger partial charge in [0, 0.05) is 31.7 Å². The fraction of sp³-hybridized carbons (Fsp3) is 0.714. The summed E-state index contributed by atoms with van der Waals surface area (Å²) in [6.45, 7) is 5.07. The molecule has 0 aromatic carbocycles. The van der Waals surface area contributed by atoms with Gasteiger partial charge < -0.3 is 15.5 Å². The van der Waals surface area contributed by atoms with E-state index in [1.165, 1.54) is 12.8 Å². The molecule has 1 aliphatic rings. The van der Waals surface area contributed by atoms with E-state index in [0.717, 1.165) is 48.9 Å². The molecule has 6 heteroatoms. The van der Waals surface area contributed by atoms with Crippen molar-refractivity contribution in [3.05, 3.63) is 6.07 Å². The molecule has 0 aliphatic heterocycles. The minimum Gasteiger partial charge on any atom is -0.370 e. The van der Waals surface area contributed by atoms with Crippen LogP contribution in [0.2, 0.25) is 0 Å². The van der Waals surface area contributed by atoms with Crippen LogP contribution < -0.4 is 10.6 Å². The van der Waals surface area contributed by atoms with Gasteiger partial charge in [-0.25, -0.2) is 9.97 Å². The van der Waals surface area contributed by atoms with E-state index in [9.17, 15) is 0 Å². The second-order valence-electron chi connectivity index (χ2n) is 5.19. The molecule has 0 spiro atoms. The Balaban J connectivity index is 1.87. The van der Waals surface area contributed by atoms with Crippen molar-refractivity contribution in [2.24, 2.45) is 0 Å². The van der Waals surface area contributed by atoms with Crippen LogP contribution in [0.4, 0.5) is 11.6 Å². The van der Waals surface area contributed by atoms with Crippen LogP contribution in [0, 0.1) is 0 Å². The fourth-order valence-electron chi connectivity index (χ4n) is 2.01. The molecule has 2 rings (SSSR count). The molecule has 1 heterocycles. The second-order valence-corrected chi connectivity index (χ2v) is 5.96. The van der Waals surface area contributed by atoms with Crippen molar-refractivity contribution in [2.75, 3.05) is 43.6 Å². The standard InChI is InChI=1S/C14H25N5S/c1-4-7-15-12-10-13(18-14(17-12)20-3)16-8-9-19(2)11-5-6-11/h10-11H,4-9H2,1-3H3,(H2,15,16,17,18). The summed E-state index contributed by atoms with van der Waals surface area (Å²) in [4.78, 5) is 11.4. The van der Waals surface area contributed by atoms with Crippen molar-refractivity contribution in [3.8, 4) is 0 Å². The summed E-state index contributed by atoms with van der Waals surface area (Å²) in [5.74, 6) is 1.82. The molecule has 1 fully saturated rings. The quantitative estimate of drug-likeness (QED) is 0.539. The summed E-state index contributed by atoms with van der Waals surface area (Å²) >= 11 is 1.57. The first-order valence-electron chi connectivity index (χ1n) is 7.34. The van der Waals surface area contributed by atoms with E-state index < -0.39 is 0 Å². The van der Waals surface area contributed by atoms with Gasteiger partial charge in [0.15, 0.2) is 5.16 Å². The Kier molecular flexibility index (Phi) is 5.91. The molecule has 1 saturated carbocycles. The Morgan fingerprint density at radius 3 is 2.45 bits per heavy atom. The highest BCUT2D eigenvalue weighted by Gasteiger charge is 2.25. The zero-order valence-corrected chi connectivity index (χ0v) is 13.5. The maximum absolute atomic E-state index is 4.50. The van der Waals surface area contributed by atoms with Crippen LogP contribution in [-0.2, 0) is 0 Å². The Morgan fingerprint density at radius 2 is 1.90 bits per heavy atom. The van der Waals surface area contributed by atoms with Gasteiger partial charge in [-0.3, -0.25) is 0 Å². The largest absolute Gasteiger partial charge is 0.370 e. The minimum atomic E-state index is 0.809. The predicted octanol–water partition coefficient (Wildman–Crippen LogP) is 2.53.